The predicted molar refractivity (Wildman–Crippen MR) is 85.0 cm³/mol. The molecule has 1 nitrogen and oxygen atoms in total. The molecule has 1 N–H and O–H groups in total. The molecular weight excluding hydrogens is 269 g/mol. The van der Waals surface area contributed by atoms with E-state index in [4.69, 9.17) is 0 Å². The molecular formula is C17H22FNS. The summed E-state index contributed by atoms with van der Waals surface area (Å²) in [7, 11) is 0. The zero-order chi connectivity index (χ0) is 14.5. The van der Waals surface area contributed by atoms with E-state index in [1.54, 1.807) is 17.4 Å². The molecule has 2 aromatic rings. The Bertz CT molecular complexity index is 562. The minimum Gasteiger partial charge on any atom is -0.306 e. The Labute approximate surface area is 124 Å². The van der Waals surface area contributed by atoms with Crippen molar-refractivity contribution in [2.45, 2.75) is 39.7 Å². The first-order valence-electron chi connectivity index (χ1n) is 7.23. The topological polar surface area (TPSA) is 12.0 Å². The molecule has 0 aliphatic carbocycles. The number of hydrogen-bond donors (Lipinski definition) is 1. The van der Waals surface area contributed by atoms with Crippen LogP contribution < -0.4 is 5.32 Å². The summed E-state index contributed by atoms with van der Waals surface area (Å²) in [6, 6.07) is 9.57. The third-order valence-corrected chi connectivity index (χ3v) is 4.67. The van der Waals surface area contributed by atoms with Gasteiger partial charge in [0, 0.05) is 15.3 Å². The van der Waals surface area contributed by atoms with Gasteiger partial charge in [0.25, 0.3) is 0 Å². The van der Waals surface area contributed by atoms with Gasteiger partial charge in [0.1, 0.15) is 5.82 Å². The highest BCUT2D eigenvalue weighted by atomic mass is 32.1. The molecule has 0 aliphatic heterocycles. The van der Waals surface area contributed by atoms with Gasteiger partial charge in [-0.05, 0) is 44.5 Å². The van der Waals surface area contributed by atoms with Crippen LogP contribution in [0.3, 0.4) is 0 Å². The van der Waals surface area contributed by atoms with Crippen LogP contribution in [-0.2, 0) is 6.42 Å². The minimum absolute atomic E-state index is 0.0415. The molecule has 0 saturated carbocycles. The highest BCUT2D eigenvalue weighted by molar-refractivity contribution is 7.12. The fourth-order valence-corrected chi connectivity index (χ4v) is 3.32. The molecule has 2 rings (SSSR count). The van der Waals surface area contributed by atoms with Crippen LogP contribution in [0.4, 0.5) is 4.39 Å². The van der Waals surface area contributed by atoms with Crippen molar-refractivity contribution in [1.29, 1.82) is 0 Å². The van der Waals surface area contributed by atoms with Gasteiger partial charge in [-0.25, -0.2) is 4.39 Å². The van der Waals surface area contributed by atoms with Gasteiger partial charge in [0.05, 0.1) is 6.04 Å². The first-order valence-corrected chi connectivity index (χ1v) is 8.05. The molecule has 20 heavy (non-hydrogen) atoms. The van der Waals surface area contributed by atoms with Crippen LogP contribution in [0.25, 0.3) is 0 Å². The number of aryl methyl sites for hydroxylation is 2. The molecule has 108 valence electrons. The first kappa shape index (κ1) is 15.2. The maximum absolute atomic E-state index is 14.2. The maximum atomic E-state index is 14.2. The minimum atomic E-state index is -0.129. The molecule has 1 unspecified atom stereocenters. The largest absolute Gasteiger partial charge is 0.306 e. The van der Waals surface area contributed by atoms with Crippen LogP contribution in [0, 0.1) is 12.7 Å². The number of halogens is 1. The zero-order valence-electron chi connectivity index (χ0n) is 12.4. The lowest BCUT2D eigenvalue weighted by Gasteiger charge is -2.19. The number of hydrogen-bond acceptors (Lipinski definition) is 2. The van der Waals surface area contributed by atoms with Crippen LogP contribution in [0.15, 0.2) is 30.3 Å². The van der Waals surface area contributed by atoms with E-state index in [0.29, 0.717) is 0 Å². The molecule has 0 saturated heterocycles. The predicted octanol–water partition coefficient (Wildman–Crippen LogP) is 4.85. The molecule has 0 amide bonds. The Hall–Kier alpha value is -1.19. The summed E-state index contributed by atoms with van der Waals surface area (Å²) in [6.07, 6.45) is 2.07. The number of rotatable bonds is 6. The second-order valence-electron chi connectivity index (χ2n) is 5.07. The van der Waals surface area contributed by atoms with Gasteiger partial charge < -0.3 is 5.32 Å². The van der Waals surface area contributed by atoms with Gasteiger partial charge in [0.2, 0.25) is 0 Å². The van der Waals surface area contributed by atoms with Crippen molar-refractivity contribution in [3.63, 3.8) is 0 Å². The SMILES string of the molecule is CCCNC(c1ccc(CC)s1)c1cc(C)ccc1F. The maximum Gasteiger partial charge on any atom is 0.128 e. The summed E-state index contributed by atoms with van der Waals surface area (Å²) >= 11 is 1.77. The summed E-state index contributed by atoms with van der Waals surface area (Å²) < 4.78 is 14.2. The van der Waals surface area contributed by atoms with E-state index in [9.17, 15) is 4.39 Å². The van der Waals surface area contributed by atoms with Gasteiger partial charge in [-0.1, -0.05) is 31.5 Å². The van der Waals surface area contributed by atoms with Gasteiger partial charge in [-0.15, -0.1) is 11.3 Å². The Morgan fingerprint density at radius 1 is 1.20 bits per heavy atom. The second kappa shape index (κ2) is 7.00. The van der Waals surface area contributed by atoms with E-state index in [1.807, 2.05) is 19.1 Å². The number of nitrogens with one attached hydrogen (secondary N) is 1. The van der Waals surface area contributed by atoms with Crippen LogP contribution >= 0.6 is 11.3 Å². The average molecular weight is 291 g/mol. The van der Waals surface area contributed by atoms with Crippen molar-refractivity contribution in [3.05, 3.63) is 57.0 Å². The highest BCUT2D eigenvalue weighted by Gasteiger charge is 2.19. The lowest BCUT2D eigenvalue weighted by atomic mass is 10.0. The van der Waals surface area contributed by atoms with Crippen LogP contribution in [-0.4, -0.2) is 6.54 Å². The summed E-state index contributed by atoms with van der Waals surface area (Å²) in [5, 5.41) is 3.48. The summed E-state index contributed by atoms with van der Waals surface area (Å²) in [5.74, 6) is -0.129. The Morgan fingerprint density at radius 2 is 2.00 bits per heavy atom. The molecule has 0 spiro atoms. The molecule has 0 fully saturated rings. The molecule has 0 aliphatic rings. The van der Waals surface area contributed by atoms with E-state index < -0.39 is 0 Å². The van der Waals surface area contributed by atoms with Crippen LogP contribution in [0.5, 0.6) is 0 Å². The molecule has 3 heteroatoms. The fraction of sp³-hybridized carbons (Fsp3) is 0.412. The lowest BCUT2D eigenvalue weighted by molar-refractivity contribution is 0.550. The van der Waals surface area contributed by atoms with Crippen LogP contribution in [0.2, 0.25) is 0 Å². The van der Waals surface area contributed by atoms with Gasteiger partial charge in [-0.3, -0.25) is 0 Å². The van der Waals surface area contributed by atoms with E-state index in [0.717, 1.165) is 30.5 Å². The van der Waals surface area contributed by atoms with E-state index in [1.165, 1.54) is 9.75 Å². The summed E-state index contributed by atoms with van der Waals surface area (Å²) in [5.41, 5.74) is 1.85. The van der Waals surface area contributed by atoms with Crippen molar-refractivity contribution in [2.24, 2.45) is 0 Å². The Kier molecular flexibility index (Phi) is 5.32. The Balaban J connectivity index is 2.38. The van der Waals surface area contributed by atoms with Crippen molar-refractivity contribution in [3.8, 4) is 0 Å². The molecule has 0 bridgehead atoms. The van der Waals surface area contributed by atoms with Gasteiger partial charge >= 0.3 is 0 Å². The average Bonchev–Trinajstić information content (AvgIpc) is 2.92. The molecule has 0 radical (unpaired) electrons. The van der Waals surface area contributed by atoms with Crippen LogP contribution in [0.1, 0.15) is 47.2 Å². The summed E-state index contributed by atoms with van der Waals surface area (Å²) in [4.78, 5) is 2.54. The molecule has 1 aromatic carbocycles. The van der Waals surface area contributed by atoms with E-state index in [-0.39, 0.29) is 11.9 Å². The molecule has 1 aromatic heterocycles. The third-order valence-electron chi connectivity index (χ3n) is 3.38. The first-order chi connectivity index (χ1) is 9.65. The monoisotopic (exact) mass is 291 g/mol. The third kappa shape index (κ3) is 3.47. The van der Waals surface area contributed by atoms with Gasteiger partial charge in [-0.2, -0.15) is 0 Å². The number of thiophene rings is 1. The normalized spacial score (nSPS) is 12.6. The second-order valence-corrected chi connectivity index (χ2v) is 6.27. The standard InChI is InChI=1S/C17H22FNS/c1-4-10-19-17(16-9-7-13(5-2)20-16)14-11-12(3)6-8-15(14)18/h6-9,11,17,19H,4-5,10H2,1-3H3. The van der Waals surface area contributed by atoms with Gasteiger partial charge in [0.15, 0.2) is 0 Å². The van der Waals surface area contributed by atoms with E-state index >= 15 is 0 Å². The Morgan fingerprint density at radius 3 is 2.65 bits per heavy atom. The quantitative estimate of drug-likeness (QED) is 0.802. The molecule has 1 heterocycles. The zero-order valence-corrected chi connectivity index (χ0v) is 13.2. The lowest BCUT2D eigenvalue weighted by Crippen LogP contribution is -2.23. The van der Waals surface area contributed by atoms with Crippen molar-refractivity contribution >= 4 is 11.3 Å². The van der Waals surface area contributed by atoms with Crippen molar-refractivity contribution in [1.82, 2.24) is 5.32 Å². The fourth-order valence-electron chi connectivity index (χ4n) is 2.28. The molecule has 1 atom stereocenters. The summed E-state index contributed by atoms with van der Waals surface area (Å²) in [6.45, 7) is 7.17. The van der Waals surface area contributed by atoms with Crippen molar-refractivity contribution in [2.75, 3.05) is 6.54 Å². The number of benzene rings is 1. The van der Waals surface area contributed by atoms with Crippen molar-refractivity contribution < 1.29 is 4.39 Å². The van der Waals surface area contributed by atoms with E-state index in [2.05, 4.69) is 31.3 Å². The smallest absolute Gasteiger partial charge is 0.128 e. The highest BCUT2D eigenvalue weighted by Crippen LogP contribution is 2.30.